The molecule has 1 aliphatic heterocycles. The lowest BCUT2D eigenvalue weighted by molar-refractivity contribution is -0.387. The van der Waals surface area contributed by atoms with Crippen LogP contribution in [0.1, 0.15) is 12.1 Å². The molecular formula is C23H18F2N4O4. The molecule has 10 heteroatoms. The number of anilines is 2. The number of pyridine rings is 1. The number of rotatable bonds is 6. The molecule has 2 amide bonds. The largest absolute Gasteiger partial charge is 0.311 e. The molecule has 1 aliphatic rings. The number of aromatic nitrogens is 1. The van der Waals surface area contributed by atoms with Gasteiger partial charge in [-0.25, -0.2) is 4.39 Å². The molecule has 0 bridgehead atoms. The van der Waals surface area contributed by atoms with Crippen LogP contribution in [0, 0.1) is 27.7 Å². The average Bonchev–Trinajstić information content (AvgIpc) is 3.20. The number of carbonyl (C=O) groups excluding carboxylic acids is 2. The summed E-state index contributed by atoms with van der Waals surface area (Å²) < 4.78 is 27.1. The third-order valence-electron chi connectivity index (χ3n) is 5.36. The van der Waals surface area contributed by atoms with Crippen molar-refractivity contribution in [3.05, 3.63) is 94.3 Å². The van der Waals surface area contributed by atoms with Crippen molar-refractivity contribution in [1.82, 2.24) is 4.98 Å². The summed E-state index contributed by atoms with van der Waals surface area (Å²) in [6.07, 6.45) is 1.47. The molecule has 1 fully saturated rings. The van der Waals surface area contributed by atoms with Crippen molar-refractivity contribution in [2.45, 2.75) is 13.0 Å². The average molecular weight is 452 g/mol. The van der Waals surface area contributed by atoms with E-state index in [0.29, 0.717) is 11.4 Å². The summed E-state index contributed by atoms with van der Waals surface area (Å²) in [6, 6.07) is 13.8. The molecule has 1 aromatic heterocycles. The van der Waals surface area contributed by atoms with Gasteiger partial charge in [0.25, 0.3) is 0 Å². The van der Waals surface area contributed by atoms with E-state index in [1.165, 1.54) is 40.1 Å². The summed E-state index contributed by atoms with van der Waals surface area (Å²) in [5.74, 6) is -3.01. The molecule has 8 nitrogen and oxygen atoms in total. The Morgan fingerprint density at radius 2 is 1.91 bits per heavy atom. The van der Waals surface area contributed by atoms with E-state index < -0.39 is 34.1 Å². The van der Waals surface area contributed by atoms with Crippen molar-refractivity contribution >= 4 is 28.9 Å². The molecular weight excluding hydrogens is 434 g/mol. The van der Waals surface area contributed by atoms with Crippen LogP contribution in [0.15, 0.2) is 66.9 Å². The highest BCUT2D eigenvalue weighted by molar-refractivity contribution is 6.04. The van der Waals surface area contributed by atoms with Crippen LogP contribution in [0.2, 0.25) is 0 Å². The van der Waals surface area contributed by atoms with Gasteiger partial charge in [-0.3, -0.25) is 24.7 Å². The Balaban J connectivity index is 1.60. The van der Waals surface area contributed by atoms with Crippen LogP contribution < -0.4 is 9.80 Å². The van der Waals surface area contributed by atoms with E-state index in [0.717, 1.165) is 12.1 Å². The fourth-order valence-electron chi connectivity index (χ4n) is 3.72. The molecule has 2 heterocycles. The maximum Gasteiger partial charge on any atom is 0.306 e. The van der Waals surface area contributed by atoms with Crippen molar-refractivity contribution in [1.29, 1.82) is 0 Å². The molecule has 168 valence electrons. The molecule has 2 aromatic carbocycles. The molecule has 1 atom stereocenters. The first kappa shape index (κ1) is 22.0. The summed E-state index contributed by atoms with van der Waals surface area (Å²) >= 11 is 0. The maximum absolute atomic E-state index is 13.7. The van der Waals surface area contributed by atoms with E-state index in [4.69, 9.17) is 0 Å². The van der Waals surface area contributed by atoms with E-state index in [-0.39, 0.29) is 31.1 Å². The molecule has 1 saturated heterocycles. The lowest BCUT2D eigenvalue weighted by atomic mass is 10.1. The zero-order valence-corrected chi connectivity index (χ0v) is 17.2. The standard InChI is InChI=1S/C23H18F2N4O4/c24-16-4-6-18(7-5-16)28(14-17-3-1-2-10-26-17)23(31)15-11-22(30)27(13-15)19-8-9-20(25)21(12-19)29(32)33/h1-10,12,15H,11,13-14H2. The van der Waals surface area contributed by atoms with Crippen LogP contribution in [0.3, 0.4) is 0 Å². The molecule has 33 heavy (non-hydrogen) atoms. The van der Waals surface area contributed by atoms with Crippen molar-refractivity contribution in [3.63, 3.8) is 0 Å². The number of hydrogen-bond acceptors (Lipinski definition) is 5. The summed E-state index contributed by atoms with van der Waals surface area (Å²) in [6.45, 7) is 0.0817. The Bertz CT molecular complexity index is 1200. The van der Waals surface area contributed by atoms with Gasteiger partial charge in [0.05, 0.1) is 28.8 Å². The van der Waals surface area contributed by atoms with Crippen LogP contribution in [-0.4, -0.2) is 28.3 Å². The lowest BCUT2D eigenvalue weighted by Crippen LogP contribution is -2.37. The Labute approximate surface area is 187 Å². The monoisotopic (exact) mass is 452 g/mol. The zero-order valence-electron chi connectivity index (χ0n) is 17.2. The molecule has 1 unspecified atom stereocenters. The Morgan fingerprint density at radius 3 is 2.58 bits per heavy atom. The second-order valence-corrected chi connectivity index (χ2v) is 7.52. The van der Waals surface area contributed by atoms with E-state index >= 15 is 0 Å². The highest BCUT2D eigenvalue weighted by Crippen LogP contribution is 2.31. The first-order valence-corrected chi connectivity index (χ1v) is 10.0. The van der Waals surface area contributed by atoms with Gasteiger partial charge < -0.3 is 9.80 Å². The van der Waals surface area contributed by atoms with Gasteiger partial charge in [0.1, 0.15) is 5.82 Å². The fourth-order valence-corrected chi connectivity index (χ4v) is 3.72. The molecule has 0 radical (unpaired) electrons. The predicted octanol–water partition coefficient (Wildman–Crippen LogP) is 3.85. The molecule has 3 aromatic rings. The van der Waals surface area contributed by atoms with Gasteiger partial charge in [-0.15, -0.1) is 0 Å². The number of halogens is 2. The Morgan fingerprint density at radius 1 is 1.15 bits per heavy atom. The first-order chi connectivity index (χ1) is 15.8. The lowest BCUT2D eigenvalue weighted by Gasteiger charge is -2.25. The van der Waals surface area contributed by atoms with Crippen molar-refractivity contribution in [2.75, 3.05) is 16.3 Å². The van der Waals surface area contributed by atoms with Gasteiger partial charge >= 0.3 is 5.69 Å². The van der Waals surface area contributed by atoms with E-state index in [9.17, 15) is 28.5 Å². The highest BCUT2D eigenvalue weighted by atomic mass is 19.1. The minimum atomic E-state index is -1.01. The zero-order chi connectivity index (χ0) is 23.5. The molecule has 0 saturated carbocycles. The topological polar surface area (TPSA) is 96.7 Å². The number of hydrogen-bond donors (Lipinski definition) is 0. The third kappa shape index (κ3) is 4.69. The summed E-state index contributed by atoms with van der Waals surface area (Å²) in [7, 11) is 0. The Hall–Kier alpha value is -4.21. The normalized spacial score (nSPS) is 15.5. The number of nitro groups is 1. The fraction of sp³-hybridized carbons (Fsp3) is 0.174. The van der Waals surface area contributed by atoms with Crippen LogP contribution in [0.4, 0.5) is 25.8 Å². The van der Waals surface area contributed by atoms with Gasteiger partial charge in [-0.05, 0) is 48.5 Å². The van der Waals surface area contributed by atoms with Crippen LogP contribution in [-0.2, 0) is 16.1 Å². The molecule has 0 spiro atoms. The minimum absolute atomic E-state index is 0.0274. The number of nitrogens with zero attached hydrogens (tertiary/aromatic N) is 4. The number of benzene rings is 2. The minimum Gasteiger partial charge on any atom is -0.311 e. The van der Waals surface area contributed by atoms with Gasteiger partial charge in [-0.2, -0.15) is 4.39 Å². The quantitative estimate of drug-likeness (QED) is 0.418. The SMILES string of the molecule is O=C1CC(C(=O)N(Cc2ccccn2)c2ccc(F)cc2)CN1c1ccc(F)c([N+](=O)[O-])c1. The van der Waals surface area contributed by atoms with E-state index in [1.807, 2.05) is 0 Å². The molecule has 0 aliphatic carbocycles. The predicted molar refractivity (Wildman–Crippen MR) is 115 cm³/mol. The summed E-state index contributed by atoms with van der Waals surface area (Å²) in [4.78, 5) is 43.2. The second kappa shape index (κ2) is 9.11. The smallest absolute Gasteiger partial charge is 0.306 e. The van der Waals surface area contributed by atoms with Crippen molar-refractivity contribution < 1.29 is 23.3 Å². The molecule has 0 N–H and O–H groups in total. The van der Waals surface area contributed by atoms with E-state index in [2.05, 4.69) is 4.98 Å². The van der Waals surface area contributed by atoms with Gasteiger partial charge in [0, 0.05) is 30.9 Å². The Kier molecular flexibility index (Phi) is 6.07. The van der Waals surface area contributed by atoms with Crippen LogP contribution in [0.25, 0.3) is 0 Å². The first-order valence-electron chi connectivity index (χ1n) is 10.0. The molecule has 4 rings (SSSR count). The van der Waals surface area contributed by atoms with Crippen LogP contribution in [0.5, 0.6) is 0 Å². The summed E-state index contributed by atoms with van der Waals surface area (Å²) in [5, 5.41) is 11.1. The number of amides is 2. The maximum atomic E-state index is 13.7. The van der Waals surface area contributed by atoms with Crippen LogP contribution >= 0.6 is 0 Å². The van der Waals surface area contributed by atoms with Crippen molar-refractivity contribution in [2.24, 2.45) is 5.92 Å². The van der Waals surface area contributed by atoms with Gasteiger partial charge in [0.15, 0.2) is 0 Å². The van der Waals surface area contributed by atoms with Gasteiger partial charge in [0.2, 0.25) is 17.6 Å². The van der Waals surface area contributed by atoms with Gasteiger partial charge in [-0.1, -0.05) is 6.07 Å². The van der Waals surface area contributed by atoms with E-state index in [1.54, 1.807) is 24.4 Å². The highest BCUT2D eigenvalue weighted by Gasteiger charge is 2.38. The number of carbonyl (C=O) groups is 2. The summed E-state index contributed by atoms with van der Waals surface area (Å²) in [5.41, 5.74) is 0.431. The third-order valence-corrected chi connectivity index (χ3v) is 5.36. The van der Waals surface area contributed by atoms with Crippen molar-refractivity contribution in [3.8, 4) is 0 Å². The number of nitro benzene ring substituents is 1. The second-order valence-electron chi connectivity index (χ2n) is 7.52.